The second-order valence-corrected chi connectivity index (χ2v) is 5.58. The molecule has 2 aromatic rings. The smallest absolute Gasteiger partial charge is 0.223 e. The third kappa shape index (κ3) is 3.55. The Morgan fingerprint density at radius 1 is 1.14 bits per heavy atom. The Kier molecular flexibility index (Phi) is 4.10. The van der Waals surface area contributed by atoms with Gasteiger partial charge in [-0.1, -0.05) is 0 Å². The molecule has 21 heavy (non-hydrogen) atoms. The molecule has 1 aliphatic rings. The van der Waals surface area contributed by atoms with Crippen LogP contribution in [0.4, 0.5) is 5.95 Å². The van der Waals surface area contributed by atoms with Gasteiger partial charge in [0.1, 0.15) is 0 Å². The van der Waals surface area contributed by atoms with Gasteiger partial charge in [0, 0.05) is 29.7 Å². The predicted octanol–water partition coefficient (Wildman–Crippen LogP) is 2.16. The summed E-state index contributed by atoms with van der Waals surface area (Å²) >= 11 is 0. The van der Waals surface area contributed by atoms with Crippen molar-refractivity contribution in [1.82, 2.24) is 15.0 Å². The molecule has 0 saturated carbocycles. The summed E-state index contributed by atoms with van der Waals surface area (Å²) in [6.45, 7) is 5.44. The van der Waals surface area contributed by atoms with E-state index in [1.54, 1.807) is 0 Å². The summed E-state index contributed by atoms with van der Waals surface area (Å²) in [5.41, 5.74) is 3.25. The standard InChI is InChI=1S/C16H20N4O/c1-11-7-12(2)19-16(18-11)20-15-10-21-9-14(15)8-13-3-5-17-6-4-13/h3-7,14-15H,8-10H2,1-2H3,(H,18,19,20)/t14-,15-/m1/s1. The lowest BCUT2D eigenvalue weighted by Gasteiger charge is -2.19. The highest BCUT2D eigenvalue weighted by Gasteiger charge is 2.29. The second kappa shape index (κ2) is 6.18. The minimum atomic E-state index is 0.249. The second-order valence-electron chi connectivity index (χ2n) is 5.58. The van der Waals surface area contributed by atoms with E-state index in [1.807, 2.05) is 32.3 Å². The van der Waals surface area contributed by atoms with Crippen molar-refractivity contribution >= 4 is 5.95 Å². The first-order chi connectivity index (χ1) is 10.2. The number of nitrogens with one attached hydrogen (secondary N) is 1. The van der Waals surface area contributed by atoms with Crippen LogP contribution in [0.2, 0.25) is 0 Å². The summed E-state index contributed by atoms with van der Waals surface area (Å²) < 4.78 is 5.64. The van der Waals surface area contributed by atoms with Crippen molar-refractivity contribution in [3.8, 4) is 0 Å². The van der Waals surface area contributed by atoms with E-state index in [-0.39, 0.29) is 6.04 Å². The molecule has 110 valence electrons. The molecule has 0 unspecified atom stereocenters. The highest BCUT2D eigenvalue weighted by atomic mass is 16.5. The van der Waals surface area contributed by atoms with Crippen molar-refractivity contribution in [1.29, 1.82) is 0 Å². The van der Waals surface area contributed by atoms with Crippen LogP contribution in [0.25, 0.3) is 0 Å². The molecule has 0 bridgehead atoms. The van der Waals surface area contributed by atoms with Crippen molar-refractivity contribution in [2.24, 2.45) is 5.92 Å². The maximum absolute atomic E-state index is 5.64. The fourth-order valence-electron chi connectivity index (χ4n) is 2.74. The first kappa shape index (κ1) is 13.9. The lowest BCUT2D eigenvalue weighted by molar-refractivity contribution is 0.185. The van der Waals surface area contributed by atoms with Crippen LogP contribution in [0.15, 0.2) is 30.6 Å². The summed E-state index contributed by atoms with van der Waals surface area (Å²) in [6.07, 6.45) is 4.65. The van der Waals surface area contributed by atoms with Gasteiger partial charge in [-0.15, -0.1) is 0 Å². The maximum atomic E-state index is 5.64. The molecule has 1 N–H and O–H groups in total. The van der Waals surface area contributed by atoms with E-state index in [2.05, 4.69) is 32.4 Å². The summed E-state index contributed by atoms with van der Waals surface area (Å²) in [6, 6.07) is 6.34. The monoisotopic (exact) mass is 284 g/mol. The van der Waals surface area contributed by atoms with Gasteiger partial charge in [0.2, 0.25) is 5.95 Å². The molecule has 0 spiro atoms. The molecule has 2 atom stereocenters. The van der Waals surface area contributed by atoms with Gasteiger partial charge in [-0.05, 0) is 44.0 Å². The summed E-state index contributed by atoms with van der Waals surface area (Å²) in [4.78, 5) is 13.0. The first-order valence-electron chi connectivity index (χ1n) is 7.26. The Hall–Kier alpha value is -2.01. The quantitative estimate of drug-likeness (QED) is 0.932. The van der Waals surface area contributed by atoms with Crippen molar-refractivity contribution in [2.45, 2.75) is 26.3 Å². The largest absolute Gasteiger partial charge is 0.379 e. The van der Waals surface area contributed by atoms with Gasteiger partial charge in [-0.25, -0.2) is 9.97 Å². The van der Waals surface area contributed by atoms with Gasteiger partial charge in [0.25, 0.3) is 0 Å². The minimum absolute atomic E-state index is 0.249. The SMILES string of the molecule is Cc1cc(C)nc(N[C@@H]2COC[C@H]2Cc2ccncc2)n1. The molecular formula is C16H20N4O. The van der Waals surface area contributed by atoms with E-state index in [4.69, 9.17) is 4.74 Å². The third-order valence-corrected chi connectivity index (χ3v) is 3.74. The molecule has 1 saturated heterocycles. The Bertz CT molecular complexity index is 582. The summed E-state index contributed by atoms with van der Waals surface area (Å²) in [5, 5.41) is 3.43. The molecule has 1 fully saturated rings. The fourth-order valence-corrected chi connectivity index (χ4v) is 2.74. The average Bonchev–Trinajstić information content (AvgIpc) is 2.86. The van der Waals surface area contributed by atoms with E-state index >= 15 is 0 Å². The molecule has 0 aromatic carbocycles. The summed E-state index contributed by atoms with van der Waals surface area (Å²) in [7, 11) is 0. The van der Waals surface area contributed by atoms with Crippen LogP contribution in [-0.2, 0) is 11.2 Å². The average molecular weight is 284 g/mol. The number of ether oxygens (including phenoxy) is 1. The normalized spacial score (nSPS) is 21.4. The van der Waals surface area contributed by atoms with Crippen LogP contribution in [0.5, 0.6) is 0 Å². The number of hydrogen-bond acceptors (Lipinski definition) is 5. The van der Waals surface area contributed by atoms with Crippen molar-refractivity contribution in [2.75, 3.05) is 18.5 Å². The Balaban J connectivity index is 1.69. The molecule has 1 aliphatic heterocycles. The van der Waals surface area contributed by atoms with E-state index in [0.717, 1.165) is 24.4 Å². The van der Waals surface area contributed by atoms with Crippen molar-refractivity contribution in [3.63, 3.8) is 0 Å². The number of aryl methyl sites for hydroxylation is 2. The zero-order valence-electron chi connectivity index (χ0n) is 12.4. The molecule has 3 heterocycles. The summed E-state index contributed by atoms with van der Waals surface area (Å²) in [5.74, 6) is 1.12. The van der Waals surface area contributed by atoms with Crippen LogP contribution in [0, 0.1) is 19.8 Å². The highest BCUT2D eigenvalue weighted by Crippen LogP contribution is 2.21. The Morgan fingerprint density at radius 2 is 1.86 bits per heavy atom. The van der Waals surface area contributed by atoms with E-state index in [1.165, 1.54) is 5.56 Å². The highest BCUT2D eigenvalue weighted by molar-refractivity contribution is 5.30. The van der Waals surface area contributed by atoms with Crippen molar-refractivity contribution in [3.05, 3.63) is 47.5 Å². The topological polar surface area (TPSA) is 59.9 Å². The van der Waals surface area contributed by atoms with Crippen LogP contribution < -0.4 is 5.32 Å². The molecule has 0 radical (unpaired) electrons. The number of hydrogen-bond donors (Lipinski definition) is 1. The first-order valence-corrected chi connectivity index (χ1v) is 7.26. The van der Waals surface area contributed by atoms with Gasteiger partial charge in [0.15, 0.2) is 0 Å². The Morgan fingerprint density at radius 3 is 2.57 bits per heavy atom. The van der Waals surface area contributed by atoms with Gasteiger partial charge in [0.05, 0.1) is 19.3 Å². The molecule has 5 nitrogen and oxygen atoms in total. The maximum Gasteiger partial charge on any atom is 0.223 e. The van der Waals surface area contributed by atoms with Crippen LogP contribution in [-0.4, -0.2) is 34.2 Å². The Labute approximate surface area is 124 Å². The van der Waals surface area contributed by atoms with Gasteiger partial charge in [-0.2, -0.15) is 0 Å². The molecular weight excluding hydrogens is 264 g/mol. The fraction of sp³-hybridized carbons (Fsp3) is 0.438. The van der Waals surface area contributed by atoms with Gasteiger partial charge < -0.3 is 10.1 Å². The van der Waals surface area contributed by atoms with Crippen LogP contribution in [0.1, 0.15) is 17.0 Å². The lowest BCUT2D eigenvalue weighted by atomic mass is 9.95. The molecule has 5 heteroatoms. The molecule has 0 amide bonds. The molecule has 0 aliphatic carbocycles. The van der Waals surface area contributed by atoms with Gasteiger partial charge >= 0.3 is 0 Å². The lowest BCUT2D eigenvalue weighted by Crippen LogP contribution is -2.30. The van der Waals surface area contributed by atoms with Crippen molar-refractivity contribution < 1.29 is 4.74 Å². The molecule has 3 rings (SSSR count). The number of rotatable bonds is 4. The zero-order chi connectivity index (χ0) is 14.7. The third-order valence-electron chi connectivity index (χ3n) is 3.74. The number of nitrogens with zero attached hydrogens (tertiary/aromatic N) is 3. The number of anilines is 1. The number of aromatic nitrogens is 3. The zero-order valence-corrected chi connectivity index (χ0v) is 12.4. The predicted molar refractivity (Wildman–Crippen MR) is 81.2 cm³/mol. The van der Waals surface area contributed by atoms with E-state index in [0.29, 0.717) is 18.5 Å². The van der Waals surface area contributed by atoms with Crippen LogP contribution >= 0.6 is 0 Å². The van der Waals surface area contributed by atoms with E-state index in [9.17, 15) is 0 Å². The van der Waals surface area contributed by atoms with E-state index < -0.39 is 0 Å². The molecule has 2 aromatic heterocycles. The number of pyridine rings is 1. The van der Waals surface area contributed by atoms with Gasteiger partial charge in [-0.3, -0.25) is 4.98 Å². The van der Waals surface area contributed by atoms with Crippen LogP contribution in [0.3, 0.4) is 0 Å². The minimum Gasteiger partial charge on any atom is -0.379 e.